The number of carbonyl (C=O) groups is 1. The van der Waals surface area contributed by atoms with Gasteiger partial charge in [0.2, 0.25) is 5.91 Å². The van der Waals surface area contributed by atoms with Crippen LogP contribution < -0.4 is 10.1 Å². The van der Waals surface area contributed by atoms with Crippen LogP contribution in [0.25, 0.3) is 11.0 Å². The standard InChI is InChI=1S/C21H25N3O2/c1-21(2,3)13-19(25)23-20-18(26-4)12-17-16(22-20)10-11-24(17)14-15-8-6-5-7-9-15/h5-12H,13-14H2,1-4H3,(H,22,23,25). The number of benzene rings is 1. The summed E-state index contributed by atoms with van der Waals surface area (Å²) in [5.41, 5.74) is 2.93. The van der Waals surface area contributed by atoms with Gasteiger partial charge in [-0.25, -0.2) is 4.98 Å². The summed E-state index contributed by atoms with van der Waals surface area (Å²) in [6, 6.07) is 14.1. The lowest BCUT2D eigenvalue weighted by Gasteiger charge is -2.18. The molecule has 136 valence electrons. The van der Waals surface area contributed by atoms with E-state index in [2.05, 4.69) is 27.0 Å². The summed E-state index contributed by atoms with van der Waals surface area (Å²) in [6.07, 6.45) is 2.43. The molecule has 0 unspecified atom stereocenters. The zero-order chi connectivity index (χ0) is 18.7. The summed E-state index contributed by atoms with van der Waals surface area (Å²) in [5.74, 6) is 0.964. The molecule has 1 amide bonds. The minimum Gasteiger partial charge on any atom is -0.493 e. The van der Waals surface area contributed by atoms with E-state index in [0.717, 1.165) is 17.6 Å². The first-order valence-corrected chi connectivity index (χ1v) is 8.73. The summed E-state index contributed by atoms with van der Waals surface area (Å²) in [7, 11) is 1.59. The van der Waals surface area contributed by atoms with Crippen LogP contribution in [-0.4, -0.2) is 22.6 Å². The lowest BCUT2D eigenvalue weighted by atomic mass is 9.92. The molecule has 5 heteroatoms. The Balaban J connectivity index is 1.89. The molecule has 0 spiro atoms. The van der Waals surface area contributed by atoms with Gasteiger partial charge in [-0.3, -0.25) is 4.79 Å². The summed E-state index contributed by atoms with van der Waals surface area (Å²) in [4.78, 5) is 16.9. The van der Waals surface area contributed by atoms with E-state index in [1.165, 1.54) is 5.56 Å². The van der Waals surface area contributed by atoms with Crippen LogP contribution in [0.5, 0.6) is 5.75 Å². The van der Waals surface area contributed by atoms with E-state index in [0.29, 0.717) is 18.0 Å². The molecule has 1 aromatic carbocycles. The second-order valence-corrected chi connectivity index (χ2v) is 7.66. The van der Waals surface area contributed by atoms with Gasteiger partial charge in [0.1, 0.15) is 0 Å². The van der Waals surface area contributed by atoms with Gasteiger partial charge in [0, 0.05) is 25.2 Å². The van der Waals surface area contributed by atoms with E-state index >= 15 is 0 Å². The SMILES string of the molecule is COc1cc2c(ccn2Cc2ccccc2)nc1NC(=O)CC(C)(C)C. The number of anilines is 1. The average Bonchev–Trinajstić information content (AvgIpc) is 2.95. The van der Waals surface area contributed by atoms with Crippen molar-refractivity contribution in [3.05, 3.63) is 54.2 Å². The van der Waals surface area contributed by atoms with Crippen LogP contribution in [0, 0.1) is 5.41 Å². The number of nitrogens with one attached hydrogen (secondary N) is 1. The maximum Gasteiger partial charge on any atom is 0.226 e. The highest BCUT2D eigenvalue weighted by molar-refractivity contribution is 5.93. The highest BCUT2D eigenvalue weighted by Crippen LogP contribution is 2.29. The fraction of sp³-hybridized carbons (Fsp3) is 0.333. The van der Waals surface area contributed by atoms with Crippen molar-refractivity contribution in [1.29, 1.82) is 0 Å². The molecular weight excluding hydrogens is 326 g/mol. The van der Waals surface area contributed by atoms with Crippen molar-refractivity contribution in [3.63, 3.8) is 0 Å². The minimum absolute atomic E-state index is 0.0635. The van der Waals surface area contributed by atoms with Gasteiger partial charge in [-0.1, -0.05) is 51.1 Å². The van der Waals surface area contributed by atoms with Gasteiger partial charge in [0.25, 0.3) is 0 Å². The molecule has 0 aliphatic heterocycles. The summed E-state index contributed by atoms with van der Waals surface area (Å²) in [6.45, 7) is 6.85. The van der Waals surface area contributed by atoms with Gasteiger partial charge < -0.3 is 14.6 Å². The summed E-state index contributed by atoms with van der Waals surface area (Å²) >= 11 is 0. The highest BCUT2D eigenvalue weighted by atomic mass is 16.5. The number of fused-ring (bicyclic) bond motifs is 1. The fourth-order valence-electron chi connectivity index (χ4n) is 2.91. The monoisotopic (exact) mass is 351 g/mol. The number of hydrogen-bond donors (Lipinski definition) is 1. The number of amides is 1. The molecule has 3 aromatic rings. The second-order valence-electron chi connectivity index (χ2n) is 7.66. The molecule has 0 aliphatic carbocycles. The zero-order valence-electron chi connectivity index (χ0n) is 15.7. The molecule has 2 heterocycles. The van der Waals surface area contributed by atoms with Crippen molar-refractivity contribution in [2.24, 2.45) is 5.41 Å². The van der Waals surface area contributed by atoms with E-state index in [1.54, 1.807) is 7.11 Å². The predicted octanol–water partition coefficient (Wildman–Crippen LogP) is 4.47. The van der Waals surface area contributed by atoms with Crippen molar-refractivity contribution in [2.45, 2.75) is 33.7 Å². The molecule has 0 radical (unpaired) electrons. The van der Waals surface area contributed by atoms with Crippen LogP contribution in [0.2, 0.25) is 0 Å². The number of pyridine rings is 1. The Kier molecular flexibility index (Phi) is 4.98. The largest absolute Gasteiger partial charge is 0.493 e. The molecular formula is C21H25N3O2. The minimum atomic E-state index is -0.0829. The van der Waals surface area contributed by atoms with E-state index in [4.69, 9.17) is 4.74 Å². The molecule has 3 rings (SSSR count). The molecule has 0 saturated carbocycles. The third-order valence-electron chi connectivity index (χ3n) is 4.08. The Morgan fingerprint density at radius 2 is 1.92 bits per heavy atom. The number of rotatable bonds is 5. The fourth-order valence-corrected chi connectivity index (χ4v) is 2.91. The van der Waals surface area contributed by atoms with E-state index < -0.39 is 0 Å². The number of hydrogen-bond acceptors (Lipinski definition) is 3. The van der Waals surface area contributed by atoms with Crippen molar-refractivity contribution >= 4 is 22.8 Å². The molecule has 5 nitrogen and oxygen atoms in total. The van der Waals surface area contributed by atoms with Gasteiger partial charge in [0.05, 0.1) is 18.1 Å². The Morgan fingerprint density at radius 3 is 2.58 bits per heavy atom. The second kappa shape index (κ2) is 7.20. The molecule has 1 N–H and O–H groups in total. The van der Waals surface area contributed by atoms with Crippen LogP contribution in [-0.2, 0) is 11.3 Å². The van der Waals surface area contributed by atoms with Gasteiger partial charge in [-0.15, -0.1) is 0 Å². The van der Waals surface area contributed by atoms with E-state index in [1.807, 2.05) is 57.3 Å². The summed E-state index contributed by atoms with van der Waals surface area (Å²) in [5, 5.41) is 2.88. The molecule has 26 heavy (non-hydrogen) atoms. The first-order valence-electron chi connectivity index (χ1n) is 8.73. The highest BCUT2D eigenvalue weighted by Gasteiger charge is 2.18. The van der Waals surface area contributed by atoms with E-state index in [-0.39, 0.29) is 11.3 Å². The molecule has 0 aliphatic rings. The van der Waals surface area contributed by atoms with Gasteiger partial charge >= 0.3 is 0 Å². The smallest absolute Gasteiger partial charge is 0.226 e. The van der Waals surface area contributed by atoms with Crippen LogP contribution in [0.4, 0.5) is 5.82 Å². The number of nitrogens with zero attached hydrogens (tertiary/aromatic N) is 2. The Bertz CT molecular complexity index is 908. The first kappa shape index (κ1) is 18.0. The topological polar surface area (TPSA) is 56.1 Å². The maximum atomic E-state index is 12.3. The Morgan fingerprint density at radius 1 is 1.19 bits per heavy atom. The van der Waals surface area contributed by atoms with E-state index in [9.17, 15) is 4.79 Å². The van der Waals surface area contributed by atoms with Crippen LogP contribution in [0.3, 0.4) is 0 Å². The normalized spacial score (nSPS) is 11.5. The summed E-state index contributed by atoms with van der Waals surface area (Å²) < 4.78 is 7.59. The number of methoxy groups -OCH3 is 1. The molecule has 0 fully saturated rings. The maximum absolute atomic E-state index is 12.3. The predicted molar refractivity (Wildman–Crippen MR) is 105 cm³/mol. The molecule has 0 saturated heterocycles. The van der Waals surface area contributed by atoms with Crippen molar-refractivity contribution in [2.75, 3.05) is 12.4 Å². The number of carbonyl (C=O) groups excluding carboxylic acids is 1. The Hall–Kier alpha value is -2.82. The number of ether oxygens (including phenoxy) is 1. The molecule has 2 aromatic heterocycles. The van der Waals surface area contributed by atoms with Gasteiger partial charge in [-0.05, 0) is 17.0 Å². The third kappa shape index (κ3) is 4.23. The van der Waals surface area contributed by atoms with Gasteiger partial charge in [0.15, 0.2) is 11.6 Å². The first-order chi connectivity index (χ1) is 12.4. The van der Waals surface area contributed by atoms with Crippen LogP contribution in [0.1, 0.15) is 32.8 Å². The number of aromatic nitrogens is 2. The molecule has 0 atom stereocenters. The lowest BCUT2D eigenvalue weighted by molar-refractivity contribution is -0.117. The quantitative estimate of drug-likeness (QED) is 0.738. The average molecular weight is 351 g/mol. The van der Waals surface area contributed by atoms with Crippen LogP contribution in [0.15, 0.2) is 48.7 Å². The van der Waals surface area contributed by atoms with Crippen LogP contribution >= 0.6 is 0 Å². The van der Waals surface area contributed by atoms with Crippen molar-refractivity contribution in [3.8, 4) is 5.75 Å². The lowest BCUT2D eigenvalue weighted by Crippen LogP contribution is -2.20. The third-order valence-corrected chi connectivity index (χ3v) is 4.08. The molecule has 0 bridgehead atoms. The van der Waals surface area contributed by atoms with Gasteiger partial charge in [-0.2, -0.15) is 0 Å². The van der Waals surface area contributed by atoms with Crippen molar-refractivity contribution in [1.82, 2.24) is 9.55 Å². The van der Waals surface area contributed by atoms with Crippen molar-refractivity contribution < 1.29 is 9.53 Å². The Labute approximate surface area is 154 Å². The zero-order valence-corrected chi connectivity index (χ0v) is 15.7.